The van der Waals surface area contributed by atoms with Crippen LogP contribution in [0.25, 0.3) is 0 Å². The molecule has 1 atom stereocenters. The van der Waals surface area contributed by atoms with E-state index in [1.807, 2.05) is 35.9 Å². The van der Waals surface area contributed by atoms with E-state index in [4.69, 9.17) is 37.8 Å². The number of nitrogens with zero attached hydrogens (tertiary/aromatic N) is 3. The van der Waals surface area contributed by atoms with E-state index in [2.05, 4.69) is 17.2 Å². The number of fused-ring (bicyclic) bond motifs is 1. The van der Waals surface area contributed by atoms with Crippen LogP contribution in [0.15, 0.2) is 52.8 Å². The minimum atomic E-state index is -0.387. The molecule has 36 heavy (non-hydrogen) atoms. The zero-order valence-electron chi connectivity index (χ0n) is 20.0. The topological polar surface area (TPSA) is 78.3 Å². The summed E-state index contributed by atoms with van der Waals surface area (Å²) in [5.41, 5.74) is 3.39. The summed E-state index contributed by atoms with van der Waals surface area (Å²) in [5, 5.41) is 9.90. The quantitative estimate of drug-likeness (QED) is 0.316. The average Bonchev–Trinajstić information content (AvgIpc) is 3.25. The SMILES string of the molecule is CCOc1cc(C2C3=C(CCCC3=O)Nc3nc(SCC)nn32)ccc1OCc1ccc(Cl)cc1Cl. The standard InChI is InChI=1S/C26H26Cl2N4O3S/c1-3-34-22-12-15(9-11-21(22)35-14-16-8-10-17(27)13-18(16)28)24-23-19(6-5-7-20(23)33)29-25-30-26(36-4-2)31-32(24)25/h8-13,24H,3-7,14H2,1-2H3,(H,29,30,31). The number of aromatic nitrogens is 3. The van der Waals surface area contributed by atoms with Gasteiger partial charge in [-0.2, -0.15) is 4.98 Å². The van der Waals surface area contributed by atoms with E-state index in [0.29, 0.717) is 45.7 Å². The second kappa shape index (κ2) is 10.7. The fraction of sp³-hybridized carbons (Fsp3) is 0.346. The maximum atomic E-state index is 13.1. The Morgan fingerprint density at radius 2 is 1.97 bits per heavy atom. The van der Waals surface area contributed by atoms with Crippen molar-refractivity contribution in [2.75, 3.05) is 17.7 Å². The van der Waals surface area contributed by atoms with Gasteiger partial charge in [-0.25, -0.2) is 4.68 Å². The second-order valence-corrected chi connectivity index (χ2v) is 10.5. The maximum Gasteiger partial charge on any atom is 0.227 e. The first-order valence-electron chi connectivity index (χ1n) is 11.9. The highest BCUT2D eigenvalue weighted by molar-refractivity contribution is 7.99. The highest BCUT2D eigenvalue weighted by atomic mass is 35.5. The number of hydrogen-bond donors (Lipinski definition) is 1. The molecule has 188 valence electrons. The Kier molecular flexibility index (Phi) is 7.46. The molecule has 7 nitrogen and oxygen atoms in total. The first kappa shape index (κ1) is 25.0. The molecular formula is C26H26Cl2N4O3S. The molecule has 0 saturated carbocycles. The van der Waals surface area contributed by atoms with Gasteiger partial charge in [-0.3, -0.25) is 4.79 Å². The Morgan fingerprint density at radius 3 is 2.75 bits per heavy atom. The largest absolute Gasteiger partial charge is 0.490 e. The molecule has 2 aliphatic rings. The highest BCUT2D eigenvalue weighted by Gasteiger charge is 2.37. The Hall–Kier alpha value is -2.68. The predicted octanol–water partition coefficient (Wildman–Crippen LogP) is 6.70. The second-order valence-electron chi connectivity index (χ2n) is 8.46. The summed E-state index contributed by atoms with van der Waals surface area (Å²) >= 11 is 13.9. The van der Waals surface area contributed by atoms with Crippen LogP contribution in [0, 0.1) is 0 Å². The molecule has 1 aliphatic carbocycles. The van der Waals surface area contributed by atoms with Gasteiger partial charge in [0.05, 0.1) is 6.61 Å². The van der Waals surface area contributed by atoms with Crippen LogP contribution in [0.4, 0.5) is 5.95 Å². The van der Waals surface area contributed by atoms with Gasteiger partial charge >= 0.3 is 0 Å². The lowest BCUT2D eigenvalue weighted by Gasteiger charge is -2.32. The molecule has 0 fully saturated rings. The molecule has 0 saturated heterocycles. The van der Waals surface area contributed by atoms with E-state index in [1.165, 1.54) is 0 Å². The summed E-state index contributed by atoms with van der Waals surface area (Å²) in [4.78, 5) is 17.8. The summed E-state index contributed by atoms with van der Waals surface area (Å²) in [6, 6.07) is 10.7. The summed E-state index contributed by atoms with van der Waals surface area (Å²) < 4.78 is 13.9. The monoisotopic (exact) mass is 544 g/mol. The van der Waals surface area contributed by atoms with Crippen LogP contribution in [0.3, 0.4) is 0 Å². The molecule has 1 unspecified atom stereocenters. The van der Waals surface area contributed by atoms with Gasteiger partial charge in [0.15, 0.2) is 17.3 Å². The Morgan fingerprint density at radius 1 is 1.11 bits per heavy atom. The van der Waals surface area contributed by atoms with Crippen LogP contribution < -0.4 is 14.8 Å². The van der Waals surface area contributed by atoms with E-state index in [9.17, 15) is 4.79 Å². The summed E-state index contributed by atoms with van der Waals surface area (Å²) in [6.07, 6.45) is 2.16. The van der Waals surface area contributed by atoms with Crippen molar-refractivity contribution in [2.24, 2.45) is 0 Å². The smallest absolute Gasteiger partial charge is 0.227 e. The fourth-order valence-corrected chi connectivity index (χ4v) is 5.53. The van der Waals surface area contributed by atoms with Gasteiger partial charge in [-0.15, -0.1) is 5.10 Å². The third kappa shape index (κ3) is 4.94. The number of carbonyl (C=O) groups is 1. The average molecular weight is 545 g/mol. The first-order chi connectivity index (χ1) is 17.5. The molecule has 1 aromatic heterocycles. The number of thioether (sulfide) groups is 1. The summed E-state index contributed by atoms with van der Waals surface area (Å²) in [6.45, 7) is 4.71. The van der Waals surface area contributed by atoms with Gasteiger partial charge in [0.2, 0.25) is 11.1 Å². The van der Waals surface area contributed by atoms with E-state index in [1.54, 1.807) is 23.9 Å². The van der Waals surface area contributed by atoms with Crippen molar-refractivity contribution in [3.63, 3.8) is 0 Å². The molecular weight excluding hydrogens is 519 g/mol. The Bertz CT molecular complexity index is 1340. The van der Waals surface area contributed by atoms with Gasteiger partial charge in [0.25, 0.3) is 0 Å². The van der Waals surface area contributed by atoms with Crippen LogP contribution in [0.2, 0.25) is 10.0 Å². The molecule has 10 heteroatoms. The number of benzene rings is 2. The number of carbonyl (C=O) groups excluding carboxylic acids is 1. The molecule has 0 radical (unpaired) electrons. The third-order valence-electron chi connectivity index (χ3n) is 6.10. The number of nitrogens with one attached hydrogen (secondary N) is 1. The molecule has 1 N–H and O–H groups in total. The van der Waals surface area contributed by atoms with Gasteiger partial charge < -0.3 is 14.8 Å². The molecule has 0 bridgehead atoms. The predicted molar refractivity (Wildman–Crippen MR) is 142 cm³/mol. The molecule has 0 spiro atoms. The van der Waals surface area contributed by atoms with Crippen molar-refractivity contribution in [3.8, 4) is 11.5 Å². The zero-order chi connectivity index (χ0) is 25.2. The van der Waals surface area contributed by atoms with Crippen molar-refractivity contribution >= 4 is 46.7 Å². The van der Waals surface area contributed by atoms with E-state index < -0.39 is 0 Å². The van der Waals surface area contributed by atoms with Crippen molar-refractivity contribution in [1.82, 2.24) is 14.8 Å². The molecule has 1 aliphatic heterocycles. The third-order valence-corrected chi connectivity index (χ3v) is 7.41. The summed E-state index contributed by atoms with van der Waals surface area (Å²) in [7, 11) is 0. The minimum Gasteiger partial charge on any atom is -0.490 e. The number of ketones is 1. The van der Waals surface area contributed by atoms with Crippen molar-refractivity contribution in [2.45, 2.75) is 50.9 Å². The van der Waals surface area contributed by atoms with Crippen molar-refractivity contribution < 1.29 is 14.3 Å². The van der Waals surface area contributed by atoms with Gasteiger partial charge in [-0.05, 0) is 55.3 Å². The number of hydrogen-bond acceptors (Lipinski definition) is 7. The number of Topliss-reactive ketones (excluding diaryl/α,β-unsaturated/α-hetero) is 1. The fourth-order valence-electron chi connectivity index (χ4n) is 4.51. The molecule has 5 rings (SSSR count). The zero-order valence-corrected chi connectivity index (χ0v) is 22.3. The lowest BCUT2D eigenvalue weighted by molar-refractivity contribution is -0.116. The minimum absolute atomic E-state index is 0.135. The number of ether oxygens (including phenoxy) is 2. The number of allylic oxidation sites excluding steroid dienone is 2. The molecule has 2 heterocycles. The lowest BCUT2D eigenvalue weighted by atomic mass is 9.85. The van der Waals surface area contributed by atoms with E-state index in [0.717, 1.165) is 41.0 Å². The van der Waals surface area contributed by atoms with Crippen LogP contribution in [0.5, 0.6) is 11.5 Å². The molecule has 3 aromatic rings. The van der Waals surface area contributed by atoms with Crippen LogP contribution in [-0.4, -0.2) is 32.9 Å². The van der Waals surface area contributed by atoms with Crippen LogP contribution in [0.1, 0.15) is 50.3 Å². The molecule has 2 aromatic carbocycles. The van der Waals surface area contributed by atoms with Gasteiger partial charge in [0, 0.05) is 33.3 Å². The molecule has 0 amide bonds. The maximum absolute atomic E-state index is 13.1. The van der Waals surface area contributed by atoms with E-state index >= 15 is 0 Å². The number of anilines is 1. The van der Waals surface area contributed by atoms with Crippen LogP contribution >= 0.6 is 35.0 Å². The van der Waals surface area contributed by atoms with Gasteiger partial charge in [0.1, 0.15) is 12.6 Å². The lowest BCUT2D eigenvalue weighted by Crippen LogP contribution is -2.31. The first-order valence-corrected chi connectivity index (χ1v) is 13.7. The normalized spacial score (nSPS) is 16.9. The number of halogens is 2. The van der Waals surface area contributed by atoms with Crippen LogP contribution in [-0.2, 0) is 11.4 Å². The van der Waals surface area contributed by atoms with E-state index in [-0.39, 0.29) is 18.4 Å². The van der Waals surface area contributed by atoms with Crippen molar-refractivity contribution in [1.29, 1.82) is 0 Å². The Balaban J connectivity index is 1.52. The van der Waals surface area contributed by atoms with Crippen molar-refractivity contribution in [3.05, 3.63) is 68.8 Å². The summed E-state index contributed by atoms with van der Waals surface area (Å²) in [5.74, 6) is 2.83. The van der Waals surface area contributed by atoms with Gasteiger partial charge in [-0.1, -0.05) is 54.0 Å². The Labute approximate surface area is 224 Å². The highest BCUT2D eigenvalue weighted by Crippen LogP contribution is 2.42. The number of rotatable bonds is 8.